The van der Waals surface area contributed by atoms with Crippen LogP contribution in [0.2, 0.25) is 0 Å². The number of nitrogens with zero attached hydrogens (tertiary/aromatic N) is 2. The fourth-order valence-corrected chi connectivity index (χ4v) is 1.47. The highest BCUT2D eigenvalue weighted by molar-refractivity contribution is 5.76. The van der Waals surface area contributed by atoms with Crippen LogP contribution in [-0.2, 0) is 11.3 Å². The summed E-state index contributed by atoms with van der Waals surface area (Å²) in [7, 11) is 0. The molecule has 108 valence electrons. The van der Waals surface area contributed by atoms with E-state index in [1.54, 1.807) is 0 Å². The monoisotopic (exact) mass is 274 g/mol. The third kappa shape index (κ3) is 5.78. The van der Waals surface area contributed by atoms with E-state index >= 15 is 0 Å². The van der Waals surface area contributed by atoms with Gasteiger partial charge in [0.15, 0.2) is 0 Å². The van der Waals surface area contributed by atoms with Crippen molar-refractivity contribution in [1.82, 2.24) is 20.2 Å². The molecule has 0 aromatic carbocycles. The predicted molar refractivity (Wildman–Crippen MR) is 67.7 cm³/mol. The molecule has 0 saturated carbocycles. The summed E-state index contributed by atoms with van der Waals surface area (Å²) in [5.41, 5.74) is 0. The van der Waals surface area contributed by atoms with Gasteiger partial charge in [-0.25, -0.2) is 4.98 Å². The van der Waals surface area contributed by atoms with E-state index in [1.807, 2.05) is 13.8 Å². The van der Waals surface area contributed by atoms with Crippen LogP contribution in [0.3, 0.4) is 0 Å². The maximum atomic E-state index is 12.5. The Balaban J connectivity index is 2.20. The minimum atomic E-state index is -2.59. The molecule has 1 amide bonds. The van der Waals surface area contributed by atoms with Crippen molar-refractivity contribution in [2.75, 3.05) is 13.1 Å². The zero-order chi connectivity index (χ0) is 14.3. The molecule has 0 spiro atoms. The standard InChI is InChI=1S/C12H20F2N4O/c1-9(2)7-17-11(19)3-4-15-8-10-16-5-6-18(10)12(13)14/h5-6,9,12,15H,3-4,7-8H2,1-2H3,(H,17,19). The number of alkyl halides is 2. The summed E-state index contributed by atoms with van der Waals surface area (Å²) in [6, 6.07) is 0. The van der Waals surface area contributed by atoms with Gasteiger partial charge in [0.25, 0.3) is 0 Å². The lowest BCUT2D eigenvalue weighted by Crippen LogP contribution is -2.30. The summed E-state index contributed by atoms with van der Waals surface area (Å²) in [6.45, 7) is 2.74. The van der Waals surface area contributed by atoms with Crippen molar-refractivity contribution >= 4 is 5.91 Å². The van der Waals surface area contributed by atoms with E-state index < -0.39 is 6.55 Å². The minimum absolute atomic E-state index is 0.0431. The van der Waals surface area contributed by atoms with Crippen LogP contribution in [0, 0.1) is 5.92 Å². The molecule has 0 unspecified atom stereocenters. The number of amides is 1. The maximum Gasteiger partial charge on any atom is 0.319 e. The van der Waals surface area contributed by atoms with Gasteiger partial charge in [0.05, 0.1) is 6.54 Å². The van der Waals surface area contributed by atoms with Gasteiger partial charge in [-0.2, -0.15) is 8.78 Å². The van der Waals surface area contributed by atoms with Crippen molar-refractivity contribution in [2.24, 2.45) is 5.92 Å². The Morgan fingerprint density at radius 2 is 2.21 bits per heavy atom. The van der Waals surface area contributed by atoms with Crippen LogP contribution in [0.25, 0.3) is 0 Å². The molecule has 0 radical (unpaired) electrons. The van der Waals surface area contributed by atoms with Crippen molar-refractivity contribution in [3.8, 4) is 0 Å². The molecule has 0 aliphatic carbocycles. The molecule has 0 atom stereocenters. The van der Waals surface area contributed by atoms with Crippen LogP contribution in [0.15, 0.2) is 12.4 Å². The number of aromatic nitrogens is 2. The van der Waals surface area contributed by atoms with Gasteiger partial charge in [-0.05, 0) is 5.92 Å². The Morgan fingerprint density at radius 1 is 1.47 bits per heavy atom. The molecule has 19 heavy (non-hydrogen) atoms. The molecule has 0 aliphatic heterocycles. The lowest BCUT2D eigenvalue weighted by atomic mass is 10.2. The average molecular weight is 274 g/mol. The lowest BCUT2D eigenvalue weighted by molar-refractivity contribution is -0.121. The molecule has 5 nitrogen and oxygen atoms in total. The molecule has 0 bridgehead atoms. The highest BCUT2D eigenvalue weighted by Crippen LogP contribution is 2.11. The normalized spacial score (nSPS) is 11.3. The van der Waals surface area contributed by atoms with Gasteiger partial charge in [-0.15, -0.1) is 0 Å². The van der Waals surface area contributed by atoms with E-state index in [4.69, 9.17) is 0 Å². The van der Waals surface area contributed by atoms with Crippen LogP contribution >= 0.6 is 0 Å². The summed E-state index contributed by atoms with van der Waals surface area (Å²) in [5, 5.41) is 5.71. The molecular formula is C12H20F2N4O. The van der Waals surface area contributed by atoms with E-state index in [0.717, 1.165) is 4.57 Å². The maximum absolute atomic E-state index is 12.5. The first-order chi connectivity index (χ1) is 9.00. The SMILES string of the molecule is CC(C)CNC(=O)CCNCc1nccn1C(F)F. The van der Waals surface area contributed by atoms with Crippen LogP contribution in [-0.4, -0.2) is 28.5 Å². The van der Waals surface area contributed by atoms with Gasteiger partial charge in [-0.3, -0.25) is 9.36 Å². The third-order valence-corrected chi connectivity index (χ3v) is 2.48. The average Bonchev–Trinajstić information content (AvgIpc) is 2.80. The number of carbonyl (C=O) groups excluding carboxylic acids is 1. The van der Waals surface area contributed by atoms with E-state index in [1.165, 1.54) is 12.4 Å². The first-order valence-electron chi connectivity index (χ1n) is 6.28. The Labute approximate surface area is 111 Å². The van der Waals surface area contributed by atoms with Crippen molar-refractivity contribution in [1.29, 1.82) is 0 Å². The number of imidazole rings is 1. The Kier molecular flexibility index (Phi) is 6.41. The van der Waals surface area contributed by atoms with Gasteiger partial charge >= 0.3 is 6.55 Å². The summed E-state index contributed by atoms with van der Waals surface area (Å²) in [5.74, 6) is 0.631. The summed E-state index contributed by atoms with van der Waals surface area (Å²) >= 11 is 0. The second-order valence-corrected chi connectivity index (χ2v) is 4.65. The Hall–Kier alpha value is -1.50. The van der Waals surface area contributed by atoms with Crippen LogP contribution in [0.4, 0.5) is 8.78 Å². The van der Waals surface area contributed by atoms with Crippen LogP contribution < -0.4 is 10.6 Å². The Morgan fingerprint density at radius 3 is 2.84 bits per heavy atom. The van der Waals surface area contributed by atoms with Gasteiger partial charge in [0.1, 0.15) is 5.82 Å². The van der Waals surface area contributed by atoms with E-state index in [-0.39, 0.29) is 18.3 Å². The van der Waals surface area contributed by atoms with Crippen molar-refractivity contribution in [2.45, 2.75) is 33.4 Å². The first-order valence-corrected chi connectivity index (χ1v) is 6.28. The molecule has 1 heterocycles. The molecule has 1 aromatic rings. The highest BCUT2D eigenvalue weighted by atomic mass is 19.3. The van der Waals surface area contributed by atoms with E-state index in [0.29, 0.717) is 25.4 Å². The minimum Gasteiger partial charge on any atom is -0.356 e. The number of rotatable bonds is 8. The molecule has 1 rings (SSSR count). The molecule has 0 aliphatic rings. The quantitative estimate of drug-likeness (QED) is 0.707. The fraction of sp³-hybridized carbons (Fsp3) is 0.667. The first kappa shape index (κ1) is 15.6. The van der Waals surface area contributed by atoms with E-state index in [2.05, 4.69) is 15.6 Å². The predicted octanol–water partition coefficient (Wildman–Crippen LogP) is 1.53. The van der Waals surface area contributed by atoms with Gasteiger partial charge in [0.2, 0.25) is 5.91 Å². The largest absolute Gasteiger partial charge is 0.356 e. The van der Waals surface area contributed by atoms with Gasteiger partial charge in [0, 0.05) is 31.9 Å². The lowest BCUT2D eigenvalue weighted by Gasteiger charge is -2.09. The van der Waals surface area contributed by atoms with Gasteiger partial charge < -0.3 is 10.6 Å². The summed E-state index contributed by atoms with van der Waals surface area (Å²) < 4.78 is 25.8. The van der Waals surface area contributed by atoms with Crippen molar-refractivity contribution in [3.63, 3.8) is 0 Å². The number of nitrogens with one attached hydrogen (secondary N) is 2. The fourth-order valence-electron chi connectivity index (χ4n) is 1.47. The molecule has 0 saturated heterocycles. The molecule has 0 fully saturated rings. The molecular weight excluding hydrogens is 254 g/mol. The summed E-state index contributed by atoms with van der Waals surface area (Å²) in [4.78, 5) is 15.2. The molecule has 7 heteroatoms. The van der Waals surface area contributed by atoms with E-state index in [9.17, 15) is 13.6 Å². The highest BCUT2D eigenvalue weighted by Gasteiger charge is 2.10. The van der Waals surface area contributed by atoms with Crippen molar-refractivity contribution in [3.05, 3.63) is 18.2 Å². The zero-order valence-electron chi connectivity index (χ0n) is 11.2. The van der Waals surface area contributed by atoms with Crippen LogP contribution in [0.1, 0.15) is 32.6 Å². The molecule has 2 N–H and O–H groups in total. The smallest absolute Gasteiger partial charge is 0.319 e. The van der Waals surface area contributed by atoms with Gasteiger partial charge in [-0.1, -0.05) is 13.8 Å². The Bertz CT molecular complexity index is 393. The van der Waals surface area contributed by atoms with Crippen molar-refractivity contribution < 1.29 is 13.6 Å². The van der Waals surface area contributed by atoms with Crippen LogP contribution in [0.5, 0.6) is 0 Å². The molecule has 1 aromatic heterocycles. The number of halogens is 2. The third-order valence-electron chi connectivity index (χ3n) is 2.48. The second-order valence-electron chi connectivity index (χ2n) is 4.65. The number of hydrogen-bond acceptors (Lipinski definition) is 3. The second kappa shape index (κ2) is 7.83. The topological polar surface area (TPSA) is 59.0 Å². The number of hydrogen-bond donors (Lipinski definition) is 2. The zero-order valence-corrected chi connectivity index (χ0v) is 11.2. The summed E-state index contributed by atoms with van der Waals surface area (Å²) in [6.07, 6.45) is 2.89. The number of carbonyl (C=O) groups is 1.